The molecule has 1 amide bonds. The van der Waals surface area contributed by atoms with Gasteiger partial charge in [0.2, 0.25) is 15.9 Å². The van der Waals surface area contributed by atoms with E-state index >= 15 is 0 Å². The Hall–Kier alpha value is -1.15. The van der Waals surface area contributed by atoms with Crippen molar-refractivity contribution in [3.05, 3.63) is 29.8 Å². The molecule has 6 nitrogen and oxygen atoms in total. The van der Waals surface area contributed by atoms with Crippen LogP contribution in [0.3, 0.4) is 0 Å². The van der Waals surface area contributed by atoms with Crippen molar-refractivity contribution in [2.75, 3.05) is 13.1 Å². The van der Waals surface area contributed by atoms with Crippen LogP contribution in [0.15, 0.2) is 29.2 Å². The van der Waals surface area contributed by atoms with Gasteiger partial charge in [-0.05, 0) is 37.1 Å². The maximum Gasteiger partial charge on any atom is 0.240 e. The summed E-state index contributed by atoms with van der Waals surface area (Å²) in [6.07, 6.45) is 4.46. The van der Waals surface area contributed by atoms with Gasteiger partial charge in [0.15, 0.2) is 0 Å². The highest BCUT2D eigenvalue weighted by Gasteiger charge is 2.11. The van der Waals surface area contributed by atoms with E-state index in [2.05, 4.69) is 10.0 Å². The van der Waals surface area contributed by atoms with E-state index in [1.165, 1.54) is 0 Å². The lowest BCUT2D eigenvalue weighted by Gasteiger charge is -2.07. The predicted octanol–water partition coefficient (Wildman–Crippen LogP) is 1.93. The molecule has 0 fully saturated rings. The summed E-state index contributed by atoms with van der Waals surface area (Å²) in [5.74, 6) is 0.0158. The molecular formula is C16H28ClN3O3S. The van der Waals surface area contributed by atoms with Crippen LogP contribution < -0.4 is 15.8 Å². The van der Waals surface area contributed by atoms with E-state index in [0.29, 0.717) is 26.1 Å². The van der Waals surface area contributed by atoms with Gasteiger partial charge in [-0.2, -0.15) is 0 Å². The van der Waals surface area contributed by atoms with Crippen molar-refractivity contribution >= 4 is 28.3 Å². The first-order valence-electron chi connectivity index (χ1n) is 8.05. The molecule has 1 aromatic rings. The average molecular weight is 378 g/mol. The Morgan fingerprint density at radius 3 is 2.29 bits per heavy atom. The number of hydrogen-bond acceptors (Lipinski definition) is 4. The molecule has 0 aromatic heterocycles. The van der Waals surface area contributed by atoms with Gasteiger partial charge in [-0.1, -0.05) is 31.9 Å². The van der Waals surface area contributed by atoms with Crippen molar-refractivity contribution in [2.24, 2.45) is 5.73 Å². The third-order valence-corrected chi connectivity index (χ3v) is 4.98. The van der Waals surface area contributed by atoms with Crippen molar-refractivity contribution in [3.63, 3.8) is 0 Å². The van der Waals surface area contributed by atoms with Crippen LogP contribution in [-0.2, 0) is 21.4 Å². The Morgan fingerprint density at radius 1 is 1.08 bits per heavy atom. The highest BCUT2D eigenvalue weighted by atomic mass is 35.5. The van der Waals surface area contributed by atoms with Crippen LogP contribution in [0, 0.1) is 0 Å². The summed E-state index contributed by atoms with van der Waals surface area (Å²) in [6, 6.07) is 6.52. The van der Waals surface area contributed by atoms with Gasteiger partial charge in [-0.3, -0.25) is 4.79 Å². The minimum atomic E-state index is -3.42. The number of carbonyl (C=O) groups excluding carboxylic acids is 1. The molecule has 0 saturated carbocycles. The van der Waals surface area contributed by atoms with Crippen molar-refractivity contribution in [2.45, 2.75) is 50.5 Å². The van der Waals surface area contributed by atoms with Gasteiger partial charge >= 0.3 is 0 Å². The topological polar surface area (TPSA) is 101 Å². The second kappa shape index (κ2) is 12.2. The van der Waals surface area contributed by atoms with Crippen molar-refractivity contribution in [1.82, 2.24) is 10.0 Å². The van der Waals surface area contributed by atoms with Gasteiger partial charge in [-0.15, -0.1) is 12.4 Å². The molecule has 0 saturated heterocycles. The Balaban J connectivity index is 0.00000529. The molecule has 0 aliphatic carbocycles. The third kappa shape index (κ3) is 8.63. The molecule has 0 bridgehead atoms. The number of hydrogen-bond donors (Lipinski definition) is 3. The van der Waals surface area contributed by atoms with Crippen LogP contribution in [0.25, 0.3) is 0 Å². The van der Waals surface area contributed by atoms with E-state index in [9.17, 15) is 13.2 Å². The average Bonchev–Trinajstić information content (AvgIpc) is 2.53. The molecule has 4 N–H and O–H groups in total. The van der Waals surface area contributed by atoms with E-state index in [1.807, 2.05) is 0 Å². The van der Waals surface area contributed by atoms with Gasteiger partial charge in [0.1, 0.15) is 0 Å². The monoisotopic (exact) mass is 377 g/mol. The van der Waals surface area contributed by atoms with Crippen LogP contribution in [0.2, 0.25) is 0 Å². The summed E-state index contributed by atoms with van der Waals surface area (Å²) in [5.41, 5.74) is 6.29. The van der Waals surface area contributed by atoms with Crippen LogP contribution in [0.5, 0.6) is 0 Å². The Labute approximate surface area is 151 Å². The summed E-state index contributed by atoms with van der Waals surface area (Å²) in [4.78, 5) is 11.9. The Kier molecular flexibility index (Phi) is 11.7. The molecule has 0 radical (unpaired) electrons. The van der Waals surface area contributed by atoms with E-state index in [1.54, 1.807) is 31.2 Å². The molecule has 0 aliphatic heterocycles. The second-order valence-corrected chi connectivity index (χ2v) is 7.14. The van der Waals surface area contributed by atoms with Gasteiger partial charge in [0.25, 0.3) is 0 Å². The Bertz CT molecular complexity index is 577. The molecule has 1 rings (SSSR count). The van der Waals surface area contributed by atoms with Crippen LogP contribution in [0.4, 0.5) is 0 Å². The quantitative estimate of drug-likeness (QED) is 0.513. The van der Waals surface area contributed by atoms with Gasteiger partial charge in [0, 0.05) is 19.5 Å². The first kappa shape index (κ1) is 22.9. The molecule has 0 unspecified atom stereocenters. The fraction of sp³-hybridized carbons (Fsp3) is 0.562. The van der Waals surface area contributed by atoms with E-state index in [4.69, 9.17) is 5.73 Å². The maximum atomic E-state index is 11.8. The molecule has 0 atom stereocenters. The Morgan fingerprint density at radius 2 is 1.71 bits per heavy atom. The summed E-state index contributed by atoms with van der Waals surface area (Å²) in [5, 5.41) is 2.84. The van der Waals surface area contributed by atoms with Crippen LogP contribution in [-0.4, -0.2) is 27.4 Å². The second-order valence-electron chi connectivity index (χ2n) is 5.37. The number of halogens is 1. The zero-order valence-corrected chi connectivity index (χ0v) is 15.7. The molecule has 138 valence electrons. The number of nitrogens with one attached hydrogen (secondary N) is 2. The van der Waals surface area contributed by atoms with Crippen molar-refractivity contribution < 1.29 is 13.2 Å². The van der Waals surface area contributed by atoms with Gasteiger partial charge in [-0.25, -0.2) is 13.1 Å². The molecule has 1 aromatic carbocycles. The standard InChI is InChI=1S/C16H27N3O3S.ClH/c1-2-19-23(21,22)15-10-8-14(9-11-15)13-18-16(20)7-5-3-4-6-12-17;/h8-11,19H,2-7,12-13,17H2,1H3,(H,18,20);1H. The first-order valence-corrected chi connectivity index (χ1v) is 9.53. The van der Waals surface area contributed by atoms with Gasteiger partial charge in [0.05, 0.1) is 4.90 Å². The highest BCUT2D eigenvalue weighted by Crippen LogP contribution is 2.10. The summed E-state index contributed by atoms with van der Waals surface area (Å²) in [7, 11) is -3.42. The van der Waals surface area contributed by atoms with Gasteiger partial charge < -0.3 is 11.1 Å². The lowest BCUT2D eigenvalue weighted by molar-refractivity contribution is -0.121. The number of carbonyl (C=O) groups is 1. The normalized spacial score (nSPS) is 10.9. The molecule has 0 heterocycles. The van der Waals surface area contributed by atoms with Crippen molar-refractivity contribution in [3.8, 4) is 0 Å². The minimum Gasteiger partial charge on any atom is -0.352 e. The molecule has 0 aliphatic rings. The minimum absolute atomic E-state index is 0. The summed E-state index contributed by atoms with van der Waals surface area (Å²) in [6.45, 7) is 3.19. The zero-order chi connectivity index (χ0) is 17.1. The number of sulfonamides is 1. The zero-order valence-electron chi connectivity index (χ0n) is 14.1. The largest absolute Gasteiger partial charge is 0.352 e. The highest BCUT2D eigenvalue weighted by molar-refractivity contribution is 7.89. The molecule has 8 heteroatoms. The van der Waals surface area contributed by atoms with Crippen LogP contribution >= 0.6 is 12.4 Å². The maximum absolute atomic E-state index is 11.8. The lowest BCUT2D eigenvalue weighted by Crippen LogP contribution is -2.24. The van der Waals surface area contributed by atoms with E-state index < -0.39 is 10.0 Å². The first-order chi connectivity index (χ1) is 11.0. The number of rotatable bonds is 11. The number of unbranched alkanes of at least 4 members (excludes halogenated alkanes) is 3. The number of amides is 1. The number of nitrogens with two attached hydrogens (primary N) is 1. The van der Waals surface area contributed by atoms with E-state index in [0.717, 1.165) is 31.2 Å². The fourth-order valence-corrected chi connectivity index (χ4v) is 3.17. The summed E-state index contributed by atoms with van der Waals surface area (Å²) < 4.78 is 26.1. The number of benzene rings is 1. The predicted molar refractivity (Wildman–Crippen MR) is 98.5 cm³/mol. The third-order valence-electron chi connectivity index (χ3n) is 3.42. The fourth-order valence-electron chi connectivity index (χ4n) is 2.13. The smallest absolute Gasteiger partial charge is 0.240 e. The SMILES string of the molecule is CCNS(=O)(=O)c1ccc(CNC(=O)CCCCCCN)cc1.Cl. The molecular weight excluding hydrogens is 350 g/mol. The summed E-state index contributed by atoms with van der Waals surface area (Å²) >= 11 is 0. The lowest BCUT2D eigenvalue weighted by atomic mass is 10.1. The van der Waals surface area contributed by atoms with Crippen LogP contribution in [0.1, 0.15) is 44.6 Å². The van der Waals surface area contributed by atoms with Crippen molar-refractivity contribution in [1.29, 1.82) is 0 Å². The van der Waals surface area contributed by atoms with E-state index in [-0.39, 0.29) is 23.2 Å². The molecule has 0 spiro atoms. The molecule has 24 heavy (non-hydrogen) atoms.